The number of hydrogen-bond acceptors (Lipinski definition) is 2. The maximum atomic E-state index is 11.6. The van der Waals surface area contributed by atoms with Gasteiger partial charge in [-0.2, -0.15) is 11.8 Å². The first-order valence-corrected chi connectivity index (χ1v) is 8.51. The average molecular weight is 308 g/mol. The number of unbranched alkanes of at least 4 members (excludes halogenated alkanes) is 2. The van der Waals surface area contributed by atoms with Crippen molar-refractivity contribution in [2.75, 3.05) is 23.4 Å². The highest BCUT2D eigenvalue weighted by atomic mass is 79.9. The van der Waals surface area contributed by atoms with Gasteiger partial charge in [0.2, 0.25) is 5.91 Å². The van der Waals surface area contributed by atoms with E-state index in [0.717, 1.165) is 24.7 Å². The molecule has 0 aromatic rings. The van der Waals surface area contributed by atoms with Gasteiger partial charge in [-0.05, 0) is 43.1 Å². The van der Waals surface area contributed by atoms with E-state index in [4.69, 9.17) is 0 Å². The Kier molecular flexibility index (Phi) is 8.39. The maximum absolute atomic E-state index is 11.6. The van der Waals surface area contributed by atoms with Crippen molar-refractivity contribution in [1.82, 2.24) is 5.32 Å². The lowest BCUT2D eigenvalue weighted by atomic mass is 9.98. The normalized spacial score (nSPS) is 17.3. The molecule has 0 bridgehead atoms. The fourth-order valence-electron chi connectivity index (χ4n) is 1.91. The van der Waals surface area contributed by atoms with Gasteiger partial charge in [0, 0.05) is 18.3 Å². The third-order valence-electron chi connectivity index (χ3n) is 2.95. The lowest BCUT2D eigenvalue weighted by Crippen LogP contribution is -2.27. The van der Waals surface area contributed by atoms with Crippen molar-refractivity contribution in [2.45, 2.75) is 38.5 Å². The molecule has 0 aromatic heterocycles. The molecule has 1 saturated heterocycles. The maximum Gasteiger partial charge on any atom is 0.220 e. The van der Waals surface area contributed by atoms with E-state index in [1.165, 1.54) is 37.2 Å². The smallest absolute Gasteiger partial charge is 0.220 e. The summed E-state index contributed by atoms with van der Waals surface area (Å²) >= 11 is 5.42. The topological polar surface area (TPSA) is 29.1 Å². The van der Waals surface area contributed by atoms with Crippen molar-refractivity contribution in [3.05, 3.63) is 0 Å². The molecule has 1 rings (SSSR count). The van der Waals surface area contributed by atoms with Crippen LogP contribution in [0, 0.1) is 5.92 Å². The Morgan fingerprint density at radius 1 is 1.25 bits per heavy atom. The van der Waals surface area contributed by atoms with Gasteiger partial charge < -0.3 is 5.32 Å². The Hall–Kier alpha value is 0.300. The first-order valence-electron chi connectivity index (χ1n) is 6.23. The van der Waals surface area contributed by atoms with E-state index in [2.05, 4.69) is 21.2 Å². The summed E-state index contributed by atoms with van der Waals surface area (Å²) in [5.41, 5.74) is 0. The second-order valence-corrected chi connectivity index (χ2v) is 6.38. The van der Waals surface area contributed by atoms with Crippen LogP contribution < -0.4 is 5.32 Å². The van der Waals surface area contributed by atoms with Crippen molar-refractivity contribution < 1.29 is 4.79 Å². The third-order valence-corrected chi connectivity index (χ3v) is 4.56. The summed E-state index contributed by atoms with van der Waals surface area (Å²) in [7, 11) is 0. The van der Waals surface area contributed by atoms with Crippen LogP contribution in [0.15, 0.2) is 0 Å². The Morgan fingerprint density at radius 2 is 2.00 bits per heavy atom. The van der Waals surface area contributed by atoms with Crippen molar-refractivity contribution in [1.29, 1.82) is 0 Å². The first kappa shape index (κ1) is 14.4. The van der Waals surface area contributed by atoms with Crippen molar-refractivity contribution in [3.63, 3.8) is 0 Å². The zero-order valence-corrected chi connectivity index (χ0v) is 12.2. The minimum Gasteiger partial charge on any atom is -0.356 e. The van der Waals surface area contributed by atoms with Gasteiger partial charge in [-0.1, -0.05) is 22.4 Å². The number of amides is 1. The van der Waals surface area contributed by atoms with Crippen molar-refractivity contribution >= 4 is 33.6 Å². The predicted octanol–water partition coefficient (Wildman–Crippen LogP) is 3.20. The second-order valence-electron chi connectivity index (χ2n) is 4.36. The van der Waals surface area contributed by atoms with E-state index in [9.17, 15) is 4.79 Å². The second kappa shape index (κ2) is 9.34. The Bertz CT molecular complexity index is 195. The van der Waals surface area contributed by atoms with E-state index in [1.807, 2.05) is 11.8 Å². The van der Waals surface area contributed by atoms with Gasteiger partial charge in [-0.3, -0.25) is 4.79 Å². The minimum absolute atomic E-state index is 0.260. The number of thioether (sulfide) groups is 1. The third kappa shape index (κ3) is 6.79. The number of halogens is 1. The van der Waals surface area contributed by atoms with E-state index >= 15 is 0 Å². The number of carbonyl (C=O) groups excluding carboxylic acids is 1. The van der Waals surface area contributed by atoms with Gasteiger partial charge in [0.05, 0.1) is 0 Å². The molecule has 0 aromatic carbocycles. The van der Waals surface area contributed by atoms with E-state index in [1.54, 1.807) is 0 Å². The molecule has 0 radical (unpaired) electrons. The quantitative estimate of drug-likeness (QED) is 0.578. The molecule has 1 N–H and O–H groups in total. The zero-order chi connectivity index (χ0) is 11.6. The fourth-order valence-corrected chi connectivity index (χ4v) is 3.51. The monoisotopic (exact) mass is 307 g/mol. The van der Waals surface area contributed by atoms with Gasteiger partial charge in [0.25, 0.3) is 0 Å². The molecule has 1 aliphatic rings. The molecule has 16 heavy (non-hydrogen) atoms. The molecule has 0 unspecified atom stereocenters. The van der Waals surface area contributed by atoms with Gasteiger partial charge in [-0.15, -0.1) is 0 Å². The van der Waals surface area contributed by atoms with Crippen LogP contribution in [0.4, 0.5) is 0 Å². The molecule has 4 heteroatoms. The summed E-state index contributed by atoms with van der Waals surface area (Å²) in [6.07, 6.45) is 6.71. The van der Waals surface area contributed by atoms with Crippen LogP contribution in [0.25, 0.3) is 0 Å². The summed E-state index contributed by atoms with van der Waals surface area (Å²) in [5.74, 6) is 3.38. The molecule has 0 atom stereocenters. The lowest BCUT2D eigenvalue weighted by molar-refractivity contribution is -0.122. The highest BCUT2D eigenvalue weighted by Crippen LogP contribution is 2.24. The number of hydrogen-bond donors (Lipinski definition) is 1. The molecule has 1 fully saturated rings. The number of alkyl halides is 1. The SMILES string of the molecule is O=C(CC1CCSCC1)NCCCCCBr. The summed E-state index contributed by atoms with van der Waals surface area (Å²) in [6.45, 7) is 0.854. The van der Waals surface area contributed by atoms with Crippen LogP contribution in [0.3, 0.4) is 0 Å². The van der Waals surface area contributed by atoms with Crippen LogP contribution in [0.2, 0.25) is 0 Å². The summed E-state index contributed by atoms with van der Waals surface area (Å²) in [5, 5.41) is 4.10. The predicted molar refractivity (Wildman–Crippen MR) is 75.3 cm³/mol. The van der Waals surface area contributed by atoms with E-state index in [0.29, 0.717) is 5.92 Å². The van der Waals surface area contributed by atoms with Crippen LogP contribution >= 0.6 is 27.7 Å². The molecule has 1 aliphatic heterocycles. The Morgan fingerprint density at radius 3 is 2.69 bits per heavy atom. The van der Waals surface area contributed by atoms with Crippen molar-refractivity contribution in [2.24, 2.45) is 5.92 Å². The van der Waals surface area contributed by atoms with Crippen LogP contribution in [0.1, 0.15) is 38.5 Å². The van der Waals surface area contributed by atoms with Gasteiger partial charge in [0.15, 0.2) is 0 Å². The molecule has 1 heterocycles. The highest BCUT2D eigenvalue weighted by Gasteiger charge is 2.16. The van der Waals surface area contributed by atoms with Crippen molar-refractivity contribution in [3.8, 4) is 0 Å². The van der Waals surface area contributed by atoms with Crippen LogP contribution in [-0.4, -0.2) is 29.3 Å². The lowest BCUT2D eigenvalue weighted by Gasteiger charge is -2.20. The number of nitrogens with one attached hydrogen (secondary N) is 1. The molecule has 2 nitrogen and oxygen atoms in total. The van der Waals surface area contributed by atoms with Gasteiger partial charge >= 0.3 is 0 Å². The molecular weight excluding hydrogens is 286 g/mol. The standard InChI is InChI=1S/C12H22BrNOS/c13-6-2-1-3-7-14-12(15)10-11-4-8-16-9-5-11/h11H,1-10H2,(H,14,15). The molecule has 94 valence electrons. The molecule has 0 saturated carbocycles. The van der Waals surface area contributed by atoms with E-state index in [-0.39, 0.29) is 5.91 Å². The molecular formula is C12H22BrNOS. The van der Waals surface area contributed by atoms with Crippen LogP contribution in [-0.2, 0) is 4.79 Å². The number of carbonyl (C=O) groups is 1. The van der Waals surface area contributed by atoms with E-state index < -0.39 is 0 Å². The fraction of sp³-hybridized carbons (Fsp3) is 0.917. The average Bonchev–Trinajstić information content (AvgIpc) is 2.30. The summed E-state index contributed by atoms with van der Waals surface area (Å²) in [4.78, 5) is 11.6. The summed E-state index contributed by atoms with van der Waals surface area (Å²) < 4.78 is 0. The van der Waals surface area contributed by atoms with Crippen LogP contribution in [0.5, 0.6) is 0 Å². The Balaban J connectivity index is 1.97. The van der Waals surface area contributed by atoms with Gasteiger partial charge in [0.1, 0.15) is 0 Å². The summed E-state index contributed by atoms with van der Waals surface area (Å²) in [6, 6.07) is 0. The number of rotatable bonds is 7. The Labute approximate surface area is 111 Å². The largest absolute Gasteiger partial charge is 0.356 e. The zero-order valence-electron chi connectivity index (χ0n) is 9.84. The molecule has 1 amide bonds. The highest BCUT2D eigenvalue weighted by molar-refractivity contribution is 9.09. The first-order chi connectivity index (χ1) is 7.83. The minimum atomic E-state index is 0.260. The van der Waals surface area contributed by atoms with Gasteiger partial charge in [-0.25, -0.2) is 0 Å². The molecule has 0 spiro atoms. The molecule has 0 aliphatic carbocycles.